The second-order valence-corrected chi connectivity index (χ2v) is 11.8. The van der Waals surface area contributed by atoms with Crippen LogP contribution in [0, 0.1) is 7.14 Å². The Labute approximate surface area is 208 Å². The molecule has 0 saturated heterocycles. The quantitative estimate of drug-likeness (QED) is 0.255. The molecule has 0 fully saturated rings. The van der Waals surface area contributed by atoms with E-state index in [1.807, 2.05) is 0 Å². The third kappa shape index (κ3) is 7.15. The average molecular weight is 670 g/mol. The Morgan fingerprint density at radius 3 is 1.11 bits per heavy atom. The molecule has 0 saturated carbocycles. The molecule has 0 aliphatic carbocycles. The Kier molecular flexibility index (Phi) is 10.8. The molecule has 28 heavy (non-hydrogen) atoms. The van der Waals surface area contributed by atoms with Crippen molar-refractivity contribution in [3.05, 3.63) is 58.1 Å². The van der Waals surface area contributed by atoms with Crippen LogP contribution in [-0.2, 0) is 0 Å². The minimum Gasteiger partial charge on any atom is -0.398 e. The van der Waals surface area contributed by atoms with E-state index in [0.29, 0.717) is 23.7 Å². The Balaban J connectivity index is 0.000000280. The fraction of sp³-hybridized carbons (Fsp3) is 0.500. The van der Waals surface area contributed by atoms with Crippen molar-refractivity contribution in [3.63, 3.8) is 0 Å². The van der Waals surface area contributed by atoms with Gasteiger partial charge in [0, 0.05) is 17.3 Å². The number of nitrogen functional groups attached to an aromatic ring is 1. The van der Waals surface area contributed by atoms with Gasteiger partial charge in [-0.3, -0.25) is 0 Å². The Bertz CT molecular complexity index is 670. The van der Waals surface area contributed by atoms with E-state index in [9.17, 15) is 0 Å². The number of anilines is 1. The standard InChI is InChI=1S/C12H16BrI.C12H18IN/c1-7(2)10-5-9(14)6-11(8(3)4)12(10)13;1-7(2)10-5-9(13)6-11(8(3)4)12(10)14/h5-8H,1-4H3;5-8H,14H2,1-4H3. The first kappa shape index (κ1) is 26.2. The number of halogens is 3. The summed E-state index contributed by atoms with van der Waals surface area (Å²) < 4.78 is 3.91. The lowest BCUT2D eigenvalue weighted by molar-refractivity contribution is 0.822. The van der Waals surface area contributed by atoms with Gasteiger partial charge in [0.2, 0.25) is 0 Å². The van der Waals surface area contributed by atoms with Gasteiger partial charge in [0.1, 0.15) is 0 Å². The molecule has 0 aromatic heterocycles. The zero-order valence-electron chi connectivity index (χ0n) is 18.3. The summed E-state index contributed by atoms with van der Waals surface area (Å²) in [6.45, 7) is 17.7. The van der Waals surface area contributed by atoms with Gasteiger partial charge in [-0.1, -0.05) is 71.3 Å². The van der Waals surface area contributed by atoms with Crippen LogP contribution < -0.4 is 5.73 Å². The SMILES string of the molecule is CC(C)c1cc(I)cc(C(C)C)c1Br.CC(C)c1cc(I)cc(C(C)C)c1N. The summed E-state index contributed by atoms with van der Waals surface area (Å²) in [4.78, 5) is 0. The Hall–Kier alpha value is 0.180. The van der Waals surface area contributed by atoms with Crippen molar-refractivity contribution in [1.29, 1.82) is 0 Å². The first-order valence-corrected chi connectivity index (χ1v) is 12.9. The molecule has 0 aliphatic rings. The van der Waals surface area contributed by atoms with E-state index in [0.717, 1.165) is 5.69 Å². The lowest BCUT2D eigenvalue weighted by atomic mass is 9.93. The zero-order chi connectivity index (χ0) is 21.8. The predicted octanol–water partition coefficient (Wildman–Crippen LogP) is 9.42. The summed E-state index contributed by atoms with van der Waals surface area (Å²) in [5, 5.41) is 0. The molecule has 2 rings (SSSR count). The Morgan fingerprint density at radius 2 is 0.857 bits per heavy atom. The minimum atomic E-state index is 0.502. The van der Waals surface area contributed by atoms with Crippen molar-refractivity contribution in [2.75, 3.05) is 5.73 Å². The lowest BCUT2D eigenvalue weighted by Gasteiger charge is -2.16. The van der Waals surface area contributed by atoms with Gasteiger partial charge in [0.15, 0.2) is 0 Å². The van der Waals surface area contributed by atoms with Crippen LogP contribution in [0.4, 0.5) is 5.69 Å². The van der Waals surface area contributed by atoms with Crippen LogP contribution in [0.25, 0.3) is 0 Å². The topological polar surface area (TPSA) is 26.0 Å². The molecule has 2 aromatic rings. The maximum Gasteiger partial charge on any atom is 0.0385 e. The number of rotatable bonds is 4. The highest BCUT2D eigenvalue weighted by molar-refractivity contribution is 14.1. The van der Waals surface area contributed by atoms with Crippen molar-refractivity contribution in [2.45, 2.75) is 79.1 Å². The average Bonchev–Trinajstić information content (AvgIpc) is 2.58. The van der Waals surface area contributed by atoms with Gasteiger partial charge in [-0.25, -0.2) is 0 Å². The van der Waals surface area contributed by atoms with Gasteiger partial charge >= 0.3 is 0 Å². The maximum absolute atomic E-state index is 6.15. The largest absolute Gasteiger partial charge is 0.398 e. The molecule has 0 atom stereocenters. The molecule has 0 aliphatic heterocycles. The highest BCUT2D eigenvalue weighted by Gasteiger charge is 2.13. The van der Waals surface area contributed by atoms with Crippen LogP contribution in [0.1, 0.15) is 101 Å². The highest BCUT2D eigenvalue weighted by Crippen LogP contribution is 2.34. The first-order chi connectivity index (χ1) is 12.9. The van der Waals surface area contributed by atoms with Crippen LogP contribution in [0.15, 0.2) is 28.7 Å². The van der Waals surface area contributed by atoms with E-state index in [-0.39, 0.29) is 0 Å². The molecular weight excluding hydrogens is 636 g/mol. The number of hydrogen-bond acceptors (Lipinski definition) is 1. The number of hydrogen-bond donors (Lipinski definition) is 1. The Morgan fingerprint density at radius 1 is 0.607 bits per heavy atom. The predicted molar refractivity (Wildman–Crippen MR) is 147 cm³/mol. The summed E-state index contributed by atoms with van der Waals surface area (Å²) in [6, 6.07) is 8.90. The van der Waals surface area contributed by atoms with Crippen molar-refractivity contribution in [1.82, 2.24) is 0 Å². The van der Waals surface area contributed by atoms with E-state index >= 15 is 0 Å². The van der Waals surface area contributed by atoms with Gasteiger partial charge in [-0.15, -0.1) is 0 Å². The van der Waals surface area contributed by atoms with Gasteiger partial charge in [0.05, 0.1) is 0 Å². The van der Waals surface area contributed by atoms with Crippen LogP contribution in [0.3, 0.4) is 0 Å². The second-order valence-electron chi connectivity index (χ2n) is 8.51. The maximum atomic E-state index is 6.15. The molecule has 2 N–H and O–H groups in total. The van der Waals surface area contributed by atoms with E-state index < -0.39 is 0 Å². The third-order valence-corrected chi connectivity index (χ3v) is 6.95. The van der Waals surface area contributed by atoms with E-state index in [1.54, 1.807) is 0 Å². The number of benzene rings is 2. The minimum absolute atomic E-state index is 0.502. The molecular formula is C24H34BrI2N. The first-order valence-electron chi connectivity index (χ1n) is 9.94. The second kappa shape index (κ2) is 11.5. The molecule has 0 amide bonds. The summed E-state index contributed by atoms with van der Waals surface area (Å²) in [5.74, 6) is 2.16. The molecule has 0 unspecified atom stereocenters. The van der Waals surface area contributed by atoms with Crippen LogP contribution in [0.5, 0.6) is 0 Å². The van der Waals surface area contributed by atoms with Gasteiger partial charge in [-0.2, -0.15) is 0 Å². The number of nitrogens with two attached hydrogens (primary N) is 1. The highest BCUT2D eigenvalue weighted by atomic mass is 127. The smallest absolute Gasteiger partial charge is 0.0385 e. The van der Waals surface area contributed by atoms with E-state index in [2.05, 4.69) is 141 Å². The molecule has 2 aromatic carbocycles. The summed E-state index contributed by atoms with van der Waals surface area (Å²) in [5.41, 5.74) is 12.5. The van der Waals surface area contributed by atoms with Gasteiger partial charge in [-0.05, 0) is 115 Å². The molecule has 156 valence electrons. The lowest BCUT2D eigenvalue weighted by Crippen LogP contribution is -2.03. The molecule has 0 spiro atoms. The molecule has 0 heterocycles. The van der Waals surface area contributed by atoms with Crippen LogP contribution in [-0.4, -0.2) is 0 Å². The van der Waals surface area contributed by atoms with Crippen molar-refractivity contribution in [3.8, 4) is 0 Å². The van der Waals surface area contributed by atoms with Crippen LogP contribution in [0.2, 0.25) is 0 Å². The monoisotopic (exact) mass is 669 g/mol. The van der Waals surface area contributed by atoms with Crippen molar-refractivity contribution >= 4 is 66.8 Å². The summed E-state index contributed by atoms with van der Waals surface area (Å²) in [7, 11) is 0. The fourth-order valence-corrected chi connectivity index (χ4v) is 5.58. The molecule has 0 radical (unpaired) electrons. The molecule has 4 heteroatoms. The third-order valence-electron chi connectivity index (χ3n) is 4.79. The summed E-state index contributed by atoms with van der Waals surface area (Å²) >= 11 is 8.47. The zero-order valence-corrected chi connectivity index (χ0v) is 24.2. The van der Waals surface area contributed by atoms with Gasteiger partial charge in [0.25, 0.3) is 0 Å². The molecule has 1 nitrogen and oxygen atoms in total. The van der Waals surface area contributed by atoms with Gasteiger partial charge < -0.3 is 5.73 Å². The van der Waals surface area contributed by atoms with E-state index in [4.69, 9.17) is 5.73 Å². The van der Waals surface area contributed by atoms with Crippen LogP contribution >= 0.6 is 61.1 Å². The van der Waals surface area contributed by atoms with Crippen molar-refractivity contribution in [2.24, 2.45) is 0 Å². The normalized spacial score (nSPS) is 11.4. The fourth-order valence-electron chi connectivity index (χ4n) is 3.09. The van der Waals surface area contributed by atoms with E-state index in [1.165, 1.54) is 33.9 Å². The summed E-state index contributed by atoms with van der Waals surface area (Å²) in [6.07, 6.45) is 0. The molecule has 0 bridgehead atoms. The van der Waals surface area contributed by atoms with Crippen molar-refractivity contribution < 1.29 is 0 Å².